The van der Waals surface area contributed by atoms with Gasteiger partial charge in [0.05, 0.1) is 0 Å². The van der Waals surface area contributed by atoms with Crippen molar-refractivity contribution in [1.29, 1.82) is 0 Å². The molecule has 0 aliphatic rings. The van der Waals surface area contributed by atoms with E-state index < -0.39 is 0 Å². The molecular formula is C23H28NP. The molecule has 0 aliphatic heterocycles. The van der Waals surface area contributed by atoms with Crippen molar-refractivity contribution in [3.05, 3.63) is 96.1 Å². The van der Waals surface area contributed by atoms with Gasteiger partial charge in [-0.25, -0.2) is 0 Å². The molecule has 0 saturated heterocycles. The minimum absolute atomic E-state index is 0.0761. The van der Waals surface area contributed by atoms with Gasteiger partial charge in [0.2, 0.25) is 0 Å². The van der Waals surface area contributed by atoms with Crippen LogP contribution in [-0.4, -0.2) is 12.3 Å². The van der Waals surface area contributed by atoms with Gasteiger partial charge in [-0.15, -0.1) is 0 Å². The number of hydrogen-bond donors (Lipinski definition) is 1. The fourth-order valence-electron chi connectivity index (χ4n) is 2.61. The van der Waals surface area contributed by atoms with Gasteiger partial charge in [-0.1, -0.05) is 98.8 Å². The summed E-state index contributed by atoms with van der Waals surface area (Å²) in [4.78, 5) is 0. The summed E-state index contributed by atoms with van der Waals surface area (Å²) in [6.07, 6.45) is 3.32. The number of benzene rings is 3. The van der Waals surface area contributed by atoms with E-state index in [9.17, 15) is 0 Å². The predicted molar refractivity (Wildman–Crippen MR) is 113 cm³/mol. The van der Waals surface area contributed by atoms with Gasteiger partial charge in [0.1, 0.15) is 0 Å². The van der Waals surface area contributed by atoms with Crippen LogP contribution in [0.5, 0.6) is 0 Å². The third-order valence-electron chi connectivity index (χ3n) is 4.15. The molecule has 0 aromatic heterocycles. The molecule has 25 heavy (non-hydrogen) atoms. The Morgan fingerprint density at radius 2 is 1.20 bits per heavy atom. The summed E-state index contributed by atoms with van der Waals surface area (Å²) in [6, 6.07) is 29.8. The summed E-state index contributed by atoms with van der Waals surface area (Å²) >= 11 is 0. The highest BCUT2D eigenvalue weighted by Crippen LogP contribution is 2.25. The molecule has 2 heteroatoms. The Bertz CT molecular complexity index is 721. The van der Waals surface area contributed by atoms with E-state index in [1.165, 1.54) is 34.6 Å². The fraction of sp³-hybridized carbons (Fsp3) is 0.217. The summed E-state index contributed by atoms with van der Waals surface area (Å²) in [5.41, 5.74) is 10.9. The van der Waals surface area contributed by atoms with Crippen molar-refractivity contribution < 1.29 is 0 Å². The minimum atomic E-state index is -0.0761. The Hall–Kier alpha value is -1.95. The zero-order valence-electron chi connectivity index (χ0n) is 15.2. The quantitative estimate of drug-likeness (QED) is 0.535. The maximum atomic E-state index is 5.54. The first kappa shape index (κ1) is 19.4. The smallest absolute Gasteiger partial charge is 0.00196 e. The van der Waals surface area contributed by atoms with Gasteiger partial charge in [-0.05, 0) is 49.1 Å². The van der Waals surface area contributed by atoms with Crippen molar-refractivity contribution in [2.75, 3.05) is 12.3 Å². The van der Waals surface area contributed by atoms with E-state index in [2.05, 4.69) is 98.8 Å². The number of rotatable bonds is 5. The van der Waals surface area contributed by atoms with Crippen LogP contribution in [0.4, 0.5) is 0 Å². The normalized spacial score (nSPS) is 10.2. The van der Waals surface area contributed by atoms with Crippen LogP contribution in [0.15, 0.2) is 84.9 Å². The minimum Gasteiger partial charge on any atom is -0.310 e. The van der Waals surface area contributed by atoms with E-state index >= 15 is 0 Å². The fourth-order valence-corrected chi connectivity index (χ4v) is 3.06. The van der Waals surface area contributed by atoms with Crippen LogP contribution in [0.25, 0.3) is 11.1 Å². The van der Waals surface area contributed by atoms with Gasteiger partial charge in [0.15, 0.2) is 0 Å². The lowest BCUT2D eigenvalue weighted by atomic mass is 9.95. The van der Waals surface area contributed by atoms with Crippen molar-refractivity contribution in [3.8, 4) is 11.1 Å². The standard InChI is InChI=1S/C19H16.C4H12NP/c1-3-9-16(10-4-1)15-18-13-7-8-14-19(18)17-11-5-2-6-12-17;1-3-6(5)4-2/h1-14H,15H2;3-5H2,1-2H3. The third kappa shape index (κ3) is 6.46. The molecule has 130 valence electrons. The van der Waals surface area contributed by atoms with Gasteiger partial charge < -0.3 is 5.50 Å². The van der Waals surface area contributed by atoms with Gasteiger partial charge in [0, 0.05) is 0 Å². The van der Waals surface area contributed by atoms with Gasteiger partial charge in [-0.2, -0.15) is 0 Å². The molecule has 0 spiro atoms. The zero-order valence-corrected chi connectivity index (χ0v) is 16.1. The van der Waals surface area contributed by atoms with Crippen molar-refractivity contribution >= 4 is 8.07 Å². The zero-order chi connectivity index (χ0) is 17.9. The molecule has 0 amide bonds. The Kier molecular flexibility index (Phi) is 8.39. The maximum absolute atomic E-state index is 5.54. The molecule has 2 N–H and O–H groups in total. The lowest BCUT2D eigenvalue weighted by Gasteiger charge is -2.09. The molecule has 0 bridgehead atoms. The van der Waals surface area contributed by atoms with E-state index in [-0.39, 0.29) is 8.07 Å². The van der Waals surface area contributed by atoms with Crippen LogP contribution in [0, 0.1) is 0 Å². The highest BCUT2D eigenvalue weighted by molar-refractivity contribution is 7.55. The Balaban J connectivity index is 0.000000326. The topological polar surface area (TPSA) is 26.0 Å². The molecular weight excluding hydrogens is 321 g/mol. The highest BCUT2D eigenvalue weighted by atomic mass is 31.1. The summed E-state index contributed by atoms with van der Waals surface area (Å²) in [7, 11) is -0.0761. The maximum Gasteiger partial charge on any atom is -0.00196 e. The molecule has 0 atom stereocenters. The first-order valence-corrected chi connectivity index (χ1v) is 10.7. The van der Waals surface area contributed by atoms with E-state index in [0.717, 1.165) is 6.42 Å². The number of hydrogen-bond acceptors (Lipinski definition) is 1. The molecule has 0 fully saturated rings. The molecule has 3 aromatic rings. The summed E-state index contributed by atoms with van der Waals surface area (Å²) in [6.45, 7) is 4.27. The van der Waals surface area contributed by atoms with Gasteiger partial charge in [-0.3, -0.25) is 0 Å². The van der Waals surface area contributed by atoms with E-state index in [0.29, 0.717) is 0 Å². The predicted octanol–water partition coefficient (Wildman–Crippen LogP) is 6.33. The van der Waals surface area contributed by atoms with E-state index in [1.807, 2.05) is 0 Å². The summed E-state index contributed by atoms with van der Waals surface area (Å²) < 4.78 is 0. The molecule has 0 saturated carbocycles. The second kappa shape index (κ2) is 10.8. The second-order valence-corrected chi connectivity index (χ2v) is 8.35. The summed E-state index contributed by atoms with van der Waals surface area (Å²) in [5, 5.41) is 0. The third-order valence-corrected chi connectivity index (χ3v) is 5.78. The first-order chi connectivity index (χ1) is 12.2. The van der Waals surface area contributed by atoms with Crippen molar-refractivity contribution in [2.45, 2.75) is 20.3 Å². The second-order valence-electron chi connectivity index (χ2n) is 5.91. The van der Waals surface area contributed by atoms with E-state index in [1.54, 1.807) is 0 Å². The van der Waals surface area contributed by atoms with Crippen LogP contribution in [0.1, 0.15) is 25.0 Å². The van der Waals surface area contributed by atoms with Gasteiger partial charge >= 0.3 is 0 Å². The van der Waals surface area contributed by atoms with Crippen molar-refractivity contribution in [1.82, 2.24) is 0 Å². The van der Waals surface area contributed by atoms with Crippen LogP contribution < -0.4 is 5.50 Å². The molecule has 0 aliphatic carbocycles. The SMILES string of the molecule is CCP(N)CC.c1ccc(Cc2ccccc2-c2ccccc2)cc1. The lowest BCUT2D eigenvalue weighted by Crippen LogP contribution is -1.91. The largest absolute Gasteiger partial charge is 0.310 e. The van der Waals surface area contributed by atoms with Crippen molar-refractivity contribution in [3.63, 3.8) is 0 Å². The molecule has 3 aromatic carbocycles. The first-order valence-electron chi connectivity index (χ1n) is 8.91. The van der Waals surface area contributed by atoms with Crippen molar-refractivity contribution in [2.24, 2.45) is 5.50 Å². The Labute approximate surface area is 153 Å². The average molecular weight is 349 g/mol. The van der Waals surface area contributed by atoms with Crippen LogP contribution in [0.2, 0.25) is 0 Å². The highest BCUT2D eigenvalue weighted by Gasteiger charge is 2.04. The Morgan fingerprint density at radius 3 is 1.76 bits per heavy atom. The van der Waals surface area contributed by atoms with Crippen LogP contribution in [0.3, 0.4) is 0 Å². The molecule has 3 rings (SSSR count). The molecule has 0 heterocycles. The monoisotopic (exact) mass is 349 g/mol. The lowest BCUT2D eigenvalue weighted by molar-refractivity contribution is 1.19. The Morgan fingerprint density at radius 1 is 0.680 bits per heavy atom. The molecule has 0 radical (unpaired) electrons. The van der Waals surface area contributed by atoms with Crippen LogP contribution >= 0.6 is 8.07 Å². The van der Waals surface area contributed by atoms with E-state index in [4.69, 9.17) is 5.50 Å². The van der Waals surface area contributed by atoms with Crippen LogP contribution in [-0.2, 0) is 6.42 Å². The number of nitrogens with two attached hydrogens (primary N) is 1. The van der Waals surface area contributed by atoms with Gasteiger partial charge in [0.25, 0.3) is 0 Å². The summed E-state index contributed by atoms with van der Waals surface area (Å²) in [5.74, 6) is 0. The average Bonchev–Trinajstić information content (AvgIpc) is 2.70. The molecule has 1 nitrogen and oxygen atoms in total. The molecule has 0 unspecified atom stereocenters.